The van der Waals surface area contributed by atoms with Crippen molar-refractivity contribution in [1.29, 1.82) is 0 Å². The Balaban J connectivity index is 2.66. The fraction of sp³-hybridized carbons (Fsp3) is 0.824. The van der Waals surface area contributed by atoms with E-state index in [1.807, 2.05) is 0 Å². The van der Waals surface area contributed by atoms with E-state index in [4.69, 9.17) is 10.7 Å². The molecule has 1 heterocycles. The van der Waals surface area contributed by atoms with Crippen LogP contribution in [0, 0.1) is 5.92 Å². The van der Waals surface area contributed by atoms with E-state index in [-0.39, 0.29) is 0 Å². The van der Waals surface area contributed by atoms with Crippen LogP contribution in [0.3, 0.4) is 0 Å². The lowest BCUT2D eigenvalue weighted by molar-refractivity contribution is 0.509. The molecule has 0 aromatic carbocycles. The number of anilines is 1. The highest BCUT2D eigenvalue weighted by atomic mass is 15.1. The predicted octanol–water partition coefficient (Wildman–Crippen LogP) is 4.59. The Morgan fingerprint density at radius 3 is 2.30 bits per heavy atom. The summed E-state index contributed by atoms with van der Waals surface area (Å²) >= 11 is 0. The first-order chi connectivity index (χ1) is 9.60. The van der Waals surface area contributed by atoms with E-state index in [0.29, 0.717) is 5.92 Å². The summed E-state index contributed by atoms with van der Waals surface area (Å²) < 4.78 is 2.25. The fourth-order valence-electron chi connectivity index (χ4n) is 2.63. The van der Waals surface area contributed by atoms with Crippen molar-refractivity contribution in [3.8, 4) is 0 Å². The van der Waals surface area contributed by atoms with Crippen LogP contribution >= 0.6 is 0 Å². The second kappa shape index (κ2) is 9.04. The van der Waals surface area contributed by atoms with Gasteiger partial charge in [0.1, 0.15) is 11.6 Å². The molecule has 0 radical (unpaired) electrons. The number of aromatic nitrogens is 2. The van der Waals surface area contributed by atoms with Gasteiger partial charge in [0.05, 0.1) is 5.69 Å². The van der Waals surface area contributed by atoms with Crippen LogP contribution < -0.4 is 5.73 Å². The molecule has 0 bridgehead atoms. The van der Waals surface area contributed by atoms with Gasteiger partial charge in [0.15, 0.2) is 0 Å². The highest BCUT2D eigenvalue weighted by Crippen LogP contribution is 2.20. The monoisotopic (exact) mass is 279 g/mol. The van der Waals surface area contributed by atoms with Crippen molar-refractivity contribution in [3.05, 3.63) is 11.5 Å². The van der Waals surface area contributed by atoms with Crippen LogP contribution in [0.2, 0.25) is 0 Å². The van der Waals surface area contributed by atoms with Crippen molar-refractivity contribution in [2.45, 2.75) is 85.6 Å². The molecule has 0 saturated heterocycles. The standard InChI is InChI=1S/C17H33N3/c1-5-7-8-9-10-12-15-17(18)20(13-14(3)4)16(19-15)11-6-2/h14H,5-13,18H2,1-4H3. The number of rotatable bonds is 10. The quantitative estimate of drug-likeness (QED) is 0.637. The summed E-state index contributed by atoms with van der Waals surface area (Å²) in [5.41, 5.74) is 7.45. The van der Waals surface area contributed by atoms with Gasteiger partial charge in [-0.25, -0.2) is 4.98 Å². The third kappa shape index (κ3) is 5.18. The number of nitrogens with two attached hydrogens (primary N) is 1. The number of hydrogen-bond acceptors (Lipinski definition) is 2. The molecule has 20 heavy (non-hydrogen) atoms. The lowest BCUT2D eigenvalue weighted by Gasteiger charge is -2.11. The van der Waals surface area contributed by atoms with Crippen molar-refractivity contribution in [3.63, 3.8) is 0 Å². The number of hydrogen-bond donors (Lipinski definition) is 1. The van der Waals surface area contributed by atoms with Crippen LogP contribution in [0.5, 0.6) is 0 Å². The lowest BCUT2D eigenvalue weighted by Crippen LogP contribution is -2.11. The minimum Gasteiger partial charge on any atom is -0.384 e. The summed E-state index contributed by atoms with van der Waals surface area (Å²) in [5, 5.41) is 0. The summed E-state index contributed by atoms with van der Waals surface area (Å²) in [4.78, 5) is 4.81. The van der Waals surface area contributed by atoms with Crippen LogP contribution in [0.1, 0.15) is 77.7 Å². The van der Waals surface area contributed by atoms with Gasteiger partial charge in [-0.05, 0) is 25.2 Å². The first kappa shape index (κ1) is 17.1. The molecule has 3 nitrogen and oxygen atoms in total. The number of nitrogens with zero attached hydrogens (tertiary/aromatic N) is 2. The number of imidazole rings is 1. The van der Waals surface area contributed by atoms with Gasteiger partial charge in [-0.15, -0.1) is 0 Å². The third-order valence-corrected chi connectivity index (χ3v) is 3.70. The summed E-state index contributed by atoms with van der Waals surface area (Å²) in [6.07, 6.45) is 9.70. The zero-order valence-corrected chi connectivity index (χ0v) is 13.9. The molecule has 0 unspecified atom stereocenters. The van der Waals surface area contributed by atoms with E-state index in [2.05, 4.69) is 32.3 Å². The lowest BCUT2D eigenvalue weighted by atomic mass is 10.1. The van der Waals surface area contributed by atoms with Crippen LogP contribution in [0.4, 0.5) is 5.82 Å². The number of unbranched alkanes of at least 4 members (excludes halogenated alkanes) is 4. The average Bonchev–Trinajstić information content (AvgIpc) is 2.67. The number of nitrogen functional groups attached to an aromatic ring is 1. The van der Waals surface area contributed by atoms with Crippen molar-refractivity contribution in [2.75, 3.05) is 5.73 Å². The van der Waals surface area contributed by atoms with Gasteiger partial charge in [0, 0.05) is 13.0 Å². The van der Waals surface area contributed by atoms with E-state index in [0.717, 1.165) is 37.3 Å². The fourth-order valence-corrected chi connectivity index (χ4v) is 2.63. The highest BCUT2D eigenvalue weighted by molar-refractivity contribution is 5.38. The van der Waals surface area contributed by atoms with Crippen LogP contribution in [-0.4, -0.2) is 9.55 Å². The van der Waals surface area contributed by atoms with Gasteiger partial charge >= 0.3 is 0 Å². The van der Waals surface area contributed by atoms with Gasteiger partial charge in [0.25, 0.3) is 0 Å². The summed E-state index contributed by atoms with van der Waals surface area (Å²) in [6, 6.07) is 0. The van der Waals surface area contributed by atoms with Crippen molar-refractivity contribution in [1.82, 2.24) is 9.55 Å². The van der Waals surface area contributed by atoms with Crippen molar-refractivity contribution in [2.24, 2.45) is 5.92 Å². The predicted molar refractivity (Wildman–Crippen MR) is 87.9 cm³/mol. The molecule has 1 rings (SSSR count). The molecule has 1 aromatic rings. The molecule has 1 aromatic heterocycles. The van der Waals surface area contributed by atoms with Gasteiger partial charge in [-0.3, -0.25) is 0 Å². The smallest absolute Gasteiger partial charge is 0.126 e. The molecule has 0 saturated carbocycles. The molecule has 3 heteroatoms. The molecule has 0 aliphatic rings. The van der Waals surface area contributed by atoms with Gasteiger partial charge in [-0.1, -0.05) is 53.4 Å². The van der Waals surface area contributed by atoms with Crippen LogP contribution in [0.15, 0.2) is 0 Å². The average molecular weight is 279 g/mol. The zero-order chi connectivity index (χ0) is 15.0. The van der Waals surface area contributed by atoms with E-state index >= 15 is 0 Å². The zero-order valence-electron chi connectivity index (χ0n) is 13.9. The van der Waals surface area contributed by atoms with E-state index in [9.17, 15) is 0 Å². The Kier molecular flexibility index (Phi) is 7.71. The topological polar surface area (TPSA) is 43.8 Å². The first-order valence-corrected chi connectivity index (χ1v) is 8.43. The molecule has 0 aliphatic carbocycles. The first-order valence-electron chi connectivity index (χ1n) is 8.43. The van der Waals surface area contributed by atoms with E-state index in [1.165, 1.54) is 37.9 Å². The SMILES string of the molecule is CCCCCCCc1nc(CCC)n(CC(C)C)c1N. The molecule has 0 spiro atoms. The maximum atomic E-state index is 6.32. The Hall–Kier alpha value is -0.990. The van der Waals surface area contributed by atoms with Crippen molar-refractivity contribution >= 4 is 5.82 Å². The Morgan fingerprint density at radius 1 is 1.00 bits per heavy atom. The third-order valence-electron chi connectivity index (χ3n) is 3.70. The van der Waals surface area contributed by atoms with E-state index < -0.39 is 0 Å². The summed E-state index contributed by atoms with van der Waals surface area (Å²) in [6.45, 7) is 9.92. The molecule has 0 atom stereocenters. The van der Waals surface area contributed by atoms with Gasteiger partial charge in [0.2, 0.25) is 0 Å². The highest BCUT2D eigenvalue weighted by Gasteiger charge is 2.14. The molecule has 0 amide bonds. The molecule has 2 N–H and O–H groups in total. The number of aryl methyl sites for hydroxylation is 2. The Morgan fingerprint density at radius 2 is 1.70 bits per heavy atom. The van der Waals surface area contributed by atoms with Crippen LogP contribution in [-0.2, 0) is 19.4 Å². The molecule has 116 valence electrons. The van der Waals surface area contributed by atoms with Crippen LogP contribution in [0.25, 0.3) is 0 Å². The summed E-state index contributed by atoms with van der Waals surface area (Å²) in [7, 11) is 0. The molecular weight excluding hydrogens is 246 g/mol. The Labute approximate surface area is 125 Å². The van der Waals surface area contributed by atoms with E-state index in [1.54, 1.807) is 0 Å². The van der Waals surface area contributed by atoms with Crippen molar-refractivity contribution < 1.29 is 0 Å². The molecular formula is C17H33N3. The van der Waals surface area contributed by atoms with Gasteiger partial charge in [-0.2, -0.15) is 0 Å². The second-order valence-corrected chi connectivity index (χ2v) is 6.28. The maximum Gasteiger partial charge on any atom is 0.126 e. The normalized spacial score (nSPS) is 11.4. The Bertz CT molecular complexity index is 380. The minimum atomic E-state index is 0.611. The molecule has 0 fully saturated rings. The maximum absolute atomic E-state index is 6.32. The second-order valence-electron chi connectivity index (χ2n) is 6.28. The largest absolute Gasteiger partial charge is 0.384 e. The molecule has 0 aliphatic heterocycles. The van der Waals surface area contributed by atoms with Gasteiger partial charge < -0.3 is 10.3 Å². The summed E-state index contributed by atoms with van der Waals surface area (Å²) in [5.74, 6) is 2.71. The minimum absolute atomic E-state index is 0.611.